The minimum Gasteiger partial charge on any atom is -0.264 e. The summed E-state index contributed by atoms with van der Waals surface area (Å²) in [7, 11) is 0. The Morgan fingerprint density at radius 3 is 3.00 bits per heavy atom. The predicted molar refractivity (Wildman–Crippen MR) is 55.6 cm³/mol. The van der Waals surface area contributed by atoms with Gasteiger partial charge in [-0.2, -0.15) is 0 Å². The molecule has 1 aromatic heterocycles. The number of pyridine rings is 1. The van der Waals surface area contributed by atoms with Gasteiger partial charge in [0.05, 0.1) is 0 Å². The van der Waals surface area contributed by atoms with Gasteiger partial charge in [0.1, 0.15) is 0 Å². The molecular weight excluding hydrogens is 214 g/mol. The highest BCUT2D eigenvalue weighted by molar-refractivity contribution is 9.09. The van der Waals surface area contributed by atoms with E-state index < -0.39 is 0 Å². The first-order chi connectivity index (χ1) is 5.79. The van der Waals surface area contributed by atoms with Gasteiger partial charge in [-0.25, -0.2) is 0 Å². The summed E-state index contributed by atoms with van der Waals surface area (Å²) in [5, 5.41) is 0. The van der Waals surface area contributed by atoms with Crippen molar-refractivity contribution in [1.29, 1.82) is 0 Å². The van der Waals surface area contributed by atoms with Gasteiger partial charge in [0.25, 0.3) is 0 Å². The van der Waals surface area contributed by atoms with Crippen LogP contribution in [0, 0.1) is 0 Å². The zero-order valence-corrected chi connectivity index (χ0v) is 8.92. The van der Waals surface area contributed by atoms with Crippen molar-refractivity contribution in [2.45, 2.75) is 31.0 Å². The van der Waals surface area contributed by atoms with E-state index in [1.165, 1.54) is 18.4 Å². The lowest BCUT2D eigenvalue weighted by Gasteiger charge is -2.02. The largest absolute Gasteiger partial charge is 0.264 e. The van der Waals surface area contributed by atoms with Crippen LogP contribution >= 0.6 is 15.9 Å². The monoisotopic (exact) mass is 227 g/mol. The van der Waals surface area contributed by atoms with E-state index in [2.05, 4.69) is 33.9 Å². The van der Waals surface area contributed by atoms with Gasteiger partial charge in [-0.3, -0.25) is 4.98 Å². The maximum Gasteiger partial charge on any atom is 0.0299 e. The van der Waals surface area contributed by atoms with Crippen LogP contribution in [-0.4, -0.2) is 9.81 Å². The Hall–Kier alpha value is -0.370. The molecule has 0 saturated carbocycles. The SMILES string of the molecule is CC(Br)CCCc1cccnc1. The van der Waals surface area contributed by atoms with Crippen LogP contribution in [0.5, 0.6) is 0 Å². The summed E-state index contributed by atoms with van der Waals surface area (Å²) in [6, 6.07) is 4.12. The normalized spacial score (nSPS) is 12.8. The summed E-state index contributed by atoms with van der Waals surface area (Å²) >= 11 is 3.53. The average molecular weight is 228 g/mol. The maximum absolute atomic E-state index is 4.07. The molecule has 0 bridgehead atoms. The van der Waals surface area contributed by atoms with Gasteiger partial charge < -0.3 is 0 Å². The number of hydrogen-bond acceptors (Lipinski definition) is 1. The summed E-state index contributed by atoms with van der Waals surface area (Å²) in [4.78, 5) is 4.70. The van der Waals surface area contributed by atoms with E-state index in [0.717, 1.165) is 6.42 Å². The first-order valence-corrected chi connectivity index (χ1v) is 5.23. The summed E-state index contributed by atoms with van der Waals surface area (Å²) in [6.45, 7) is 2.18. The number of nitrogens with zero attached hydrogens (tertiary/aromatic N) is 1. The van der Waals surface area contributed by atoms with Gasteiger partial charge >= 0.3 is 0 Å². The van der Waals surface area contributed by atoms with Crippen molar-refractivity contribution >= 4 is 15.9 Å². The van der Waals surface area contributed by atoms with Gasteiger partial charge in [0, 0.05) is 17.2 Å². The molecule has 0 N–H and O–H groups in total. The fourth-order valence-electron chi connectivity index (χ4n) is 1.13. The molecule has 1 aromatic rings. The smallest absolute Gasteiger partial charge is 0.0299 e. The van der Waals surface area contributed by atoms with Crippen molar-refractivity contribution < 1.29 is 0 Å². The molecular formula is C10H14BrN. The van der Waals surface area contributed by atoms with E-state index in [1.54, 1.807) is 0 Å². The van der Waals surface area contributed by atoms with E-state index >= 15 is 0 Å². The number of halogens is 1. The second kappa shape index (κ2) is 5.31. The molecule has 66 valence electrons. The van der Waals surface area contributed by atoms with E-state index in [1.807, 2.05) is 18.5 Å². The van der Waals surface area contributed by atoms with E-state index in [-0.39, 0.29) is 0 Å². The molecule has 0 aliphatic heterocycles. The van der Waals surface area contributed by atoms with Crippen molar-refractivity contribution in [1.82, 2.24) is 4.98 Å². The molecule has 1 nitrogen and oxygen atoms in total. The van der Waals surface area contributed by atoms with Gasteiger partial charge in [0.15, 0.2) is 0 Å². The van der Waals surface area contributed by atoms with Crippen molar-refractivity contribution in [3.8, 4) is 0 Å². The summed E-state index contributed by atoms with van der Waals surface area (Å²) in [5.41, 5.74) is 1.34. The molecule has 12 heavy (non-hydrogen) atoms. The van der Waals surface area contributed by atoms with Crippen LogP contribution in [0.4, 0.5) is 0 Å². The Kier molecular flexibility index (Phi) is 4.30. The highest BCUT2D eigenvalue weighted by Crippen LogP contribution is 2.09. The highest BCUT2D eigenvalue weighted by Gasteiger charge is 1.96. The molecule has 0 spiro atoms. The van der Waals surface area contributed by atoms with Crippen molar-refractivity contribution in [2.24, 2.45) is 0 Å². The van der Waals surface area contributed by atoms with E-state index in [0.29, 0.717) is 4.83 Å². The van der Waals surface area contributed by atoms with Gasteiger partial charge in [0.2, 0.25) is 0 Å². The molecule has 1 atom stereocenters. The molecule has 1 heterocycles. The summed E-state index contributed by atoms with van der Waals surface area (Å²) in [6.07, 6.45) is 7.37. The summed E-state index contributed by atoms with van der Waals surface area (Å²) < 4.78 is 0. The fourth-order valence-corrected chi connectivity index (χ4v) is 1.46. The lowest BCUT2D eigenvalue weighted by molar-refractivity contribution is 0.734. The number of rotatable bonds is 4. The molecule has 0 amide bonds. The Labute approximate surface area is 82.3 Å². The van der Waals surface area contributed by atoms with Crippen LogP contribution in [0.25, 0.3) is 0 Å². The second-order valence-corrected chi connectivity index (χ2v) is 4.60. The van der Waals surface area contributed by atoms with Crippen molar-refractivity contribution in [3.05, 3.63) is 30.1 Å². The Bertz CT molecular complexity index is 208. The molecule has 0 aliphatic carbocycles. The number of alkyl halides is 1. The molecule has 0 radical (unpaired) electrons. The minimum atomic E-state index is 0.633. The van der Waals surface area contributed by atoms with Crippen LogP contribution < -0.4 is 0 Å². The Morgan fingerprint density at radius 2 is 2.42 bits per heavy atom. The van der Waals surface area contributed by atoms with Gasteiger partial charge in [-0.1, -0.05) is 28.9 Å². The summed E-state index contributed by atoms with van der Waals surface area (Å²) in [5.74, 6) is 0. The zero-order valence-electron chi connectivity index (χ0n) is 7.33. The van der Waals surface area contributed by atoms with Crippen molar-refractivity contribution in [2.75, 3.05) is 0 Å². The Morgan fingerprint density at radius 1 is 1.58 bits per heavy atom. The number of aryl methyl sites for hydroxylation is 1. The standard InChI is InChI=1S/C10H14BrN/c1-9(11)4-2-5-10-6-3-7-12-8-10/h3,6-9H,2,4-5H2,1H3. The van der Waals surface area contributed by atoms with E-state index in [9.17, 15) is 0 Å². The van der Waals surface area contributed by atoms with Crippen LogP contribution in [0.3, 0.4) is 0 Å². The number of aromatic nitrogens is 1. The van der Waals surface area contributed by atoms with Crippen LogP contribution in [0.1, 0.15) is 25.3 Å². The molecule has 0 fully saturated rings. The van der Waals surface area contributed by atoms with Gasteiger partial charge in [-0.15, -0.1) is 0 Å². The molecule has 0 aromatic carbocycles. The third-order valence-electron chi connectivity index (χ3n) is 1.79. The third kappa shape index (κ3) is 3.86. The lowest BCUT2D eigenvalue weighted by Crippen LogP contribution is -1.92. The zero-order chi connectivity index (χ0) is 8.81. The third-order valence-corrected chi connectivity index (χ3v) is 2.25. The molecule has 1 rings (SSSR count). The maximum atomic E-state index is 4.07. The molecule has 2 heteroatoms. The minimum absolute atomic E-state index is 0.633. The lowest BCUT2D eigenvalue weighted by atomic mass is 10.1. The predicted octanol–water partition coefficient (Wildman–Crippen LogP) is 3.19. The first-order valence-electron chi connectivity index (χ1n) is 4.32. The molecule has 0 aliphatic rings. The quantitative estimate of drug-likeness (QED) is 0.721. The van der Waals surface area contributed by atoms with Gasteiger partial charge in [-0.05, 0) is 30.9 Å². The van der Waals surface area contributed by atoms with Crippen LogP contribution in [0.15, 0.2) is 24.5 Å². The average Bonchev–Trinajstić information content (AvgIpc) is 2.05. The first kappa shape index (κ1) is 9.72. The molecule has 1 unspecified atom stereocenters. The topological polar surface area (TPSA) is 12.9 Å². The van der Waals surface area contributed by atoms with Crippen LogP contribution in [0.2, 0.25) is 0 Å². The molecule has 0 saturated heterocycles. The van der Waals surface area contributed by atoms with Crippen LogP contribution in [-0.2, 0) is 6.42 Å². The van der Waals surface area contributed by atoms with E-state index in [4.69, 9.17) is 0 Å². The van der Waals surface area contributed by atoms with Crippen molar-refractivity contribution in [3.63, 3.8) is 0 Å². The highest BCUT2D eigenvalue weighted by atomic mass is 79.9. The fraction of sp³-hybridized carbons (Fsp3) is 0.500. The second-order valence-electron chi connectivity index (χ2n) is 3.03. The Balaban J connectivity index is 2.25. The number of hydrogen-bond donors (Lipinski definition) is 0.